The van der Waals surface area contributed by atoms with Gasteiger partial charge in [0.1, 0.15) is 17.4 Å². The lowest BCUT2D eigenvalue weighted by molar-refractivity contribution is 0.206. The van der Waals surface area contributed by atoms with Crippen molar-refractivity contribution in [3.05, 3.63) is 95.6 Å². The van der Waals surface area contributed by atoms with E-state index in [1.54, 1.807) is 4.90 Å². The summed E-state index contributed by atoms with van der Waals surface area (Å²) in [5.74, 6) is -0.732. The molecule has 0 saturated carbocycles. The number of unbranched alkanes of at least 4 members (excludes halogenated alkanes) is 1. The number of hydrogen-bond donors (Lipinski definition) is 1. The fraction of sp³-hybridized carbons (Fsp3) is 0.240. The first-order valence-electron chi connectivity index (χ1n) is 10.3. The molecule has 3 rings (SSSR count). The van der Waals surface area contributed by atoms with E-state index in [1.807, 2.05) is 54.6 Å². The van der Waals surface area contributed by atoms with Crippen molar-refractivity contribution in [3.8, 4) is 5.75 Å². The molecule has 0 aliphatic heterocycles. The van der Waals surface area contributed by atoms with Crippen LogP contribution in [-0.4, -0.2) is 17.5 Å². The molecule has 0 atom stereocenters. The molecule has 3 aromatic rings. The van der Waals surface area contributed by atoms with E-state index in [0.717, 1.165) is 41.9 Å². The molecule has 162 valence electrons. The average Bonchev–Trinajstić information content (AvgIpc) is 2.77. The number of hydrogen-bond acceptors (Lipinski definition) is 2. The second kappa shape index (κ2) is 11.1. The molecule has 0 bridgehead atoms. The standard InChI is InChI=1S/C25H26F2N2O2/c1-2-3-15-31-22-12-9-20(10-13-22)18-29(17-19-7-5-4-6-8-19)25(30)28-24-14-11-21(26)16-23(24)27/h4-14,16H,2-3,15,17-18H2,1H3,(H,28,30). The molecule has 0 aromatic heterocycles. The third-order valence-electron chi connectivity index (χ3n) is 4.74. The highest BCUT2D eigenvalue weighted by Gasteiger charge is 2.17. The lowest BCUT2D eigenvalue weighted by Crippen LogP contribution is -2.34. The Hall–Kier alpha value is -3.41. The maximum absolute atomic E-state index is 14.0. The summed E-state index contributed by atoms with van der Waals surface area (Å²) in [5, 5.41) is 2.54. The van der Waals surface area contributed by atoms with Gasteiger partial charge in [-0.2, -0.15) is 0 Å². The SMILES string of the molecule is CCCCOc1ccc(CN(Cc2ccccc2)C(=O)Nc2ccc(F)cc2F)cc1. The Balaban J connectivity index is 1.73. The molecule has 0 saturated heterocycles. The zero-order valence-electron chi connectivity index (χ0n) is 17.5. The average molecular weight is 424 g/mol. The molecule has 0 aliphatic carbocycles. The van der Waals surface area contributed by atoms with Crippen LogP contribution in [0.4, 0.5) is 19.3 Å². The number of carbonyl (C=O) groups excluding carboxylic acids is 1. The number of ether oxygens (including phenoxy) is 1. The maximum Gasteiger partial charge on any atom is 0.322 e. The quantitative estimate of drug-likeness (QED) is 0.405. The number of halogens is 2. The molecule has 0 aliphatic rings. The van der Waals surface area contributed by atoms with E-state index in [2.05, 4.69) is 12.2 Å². The van der Waals surface area contributed by atoms with E-state index >= 15 is 0 Å². The van der Waals surface area contributed by atoms with Crippen molar-refractivity contribution in [3.63, 3.8) is 0 Å². The molecule has 0 spiro atoms. The van der Waals surface area contributed by atoms with Gasteiger partial charge in [-0.1, -0.05) is 55.8 Å². The minimum atomic E-state index is -0.818. The van der Waals surface area contributed by atoms with Crippen LogP contribution in [-0.2, 0) is 13.1 Å². The van der Waals surface area contributed by atoms with E-state index < -0.39 is 17.7 Å². The van der Waals surface area contributed by atoms with Gasteiger partial charge in [0.15, 0.2) is 0 Å². The first-order valence-corrected chi connectivity index (χ1v) is 10.3. The highest BCUT2D eigenvalue weighted by Crippen LogP contribution is 2.19. The van der Waals surface area contributed by atoms with Crippen LogP contribution in [0.3, 0.4) is 0 Å². The van der Waals surface area contributed by atoms with Crippen molar-refractivity contribution in [1.29, 1.82) is 0 Å². The van der Waals surface area contributed by atoms with Crippen LogP contribution in [0, 0.1) is 11.6 Å². The zero-order chi connectivity index (χ0) is 22.1. The molecular weight excluding hydrogens is 398 g/mol. The van der Waals surface area contributed by atoms with Gasteiger partial charge in [0.05, 0.1) is 12.3 Å². The van der Waals surface area contributed by atoms with E-state index in [0.29, 0.717) is 19.7 Å². The topological polar surface area (TPSA) is 41.6 Å². The van der Waals surface area contributed by atoms with E-state index in [-0.39, 0.29) is 5.69 Å². The van der Waals surface area contributed by atoms with Gasteiger partial charge in [-0.3, -0.25) is 0 Å². The van der Waals surface area contributed by atoms with Gasteiger partial charge in [0.2, 0.25) is 0 Å². The summed E-state index contributed by atoms with van der Waals surface area (Å²) in [6.07, 6.45) is 2.06. The van der Waals surface area contributed by atoms with Crippen molar-refractivity contribution in [2.45, 2.75) is 32.9 Å². The molecule has 0 fully saturated rings. The molecule has 0 radical (unpaired) electrons. The van der Waals surface area contributed by atoms with E-state index in [4.69, 9.17) is 4.74 Å². The smallest absolute Gasteiger partial charge is 0.322 e. The zero-order valence-corrected chi connectivity index (χ0v) is 17.5. The molecular formula is C25H26F2N2O2. The van der Waals surface area contributed by atoms with Crippen molar-refractivity contribution in [2.24, 2.45) is 0 Å². The Labute approximate surface area is 181 Å². The normalized spacial score (nSPS) is 10.5. The van der Waals surface area contributed by atoms with Gasteiger partial charge in [0, 0.05) is 19.2 Å². The predicted molar refractivity (Wildman–Crippen MR) is 118 cm³/mol. The Morgan fingerprint density at radius 3 is 2.26 bits per heavy atom. The summed E-state index contributed by atoms with van der Waals surface area (Å²) in [6, 6.07) is 19.7. The number of anilines is 1. The monoisotopic (exact) mass is 424 g/mol. The van der Waals surface area contributed by atoms with Crippen LogP contribution in [0.1, 0.15) is 30.9 Å². The third kappa shape index (κ3) is 6.81. The predicted octanol–water partition coefficient (Wildman–Crippen LogP) is 6.38. The second-order valence-electron chi connectivity index (χ2n) is 7.24. The van der Waals surface area contributed by atoms with Crippen molar-refractivity contribution < 1.29 is 18.3 Å². The lowest BCUT2D eigenvalue weighted by Gasteiger charge is -2.24. The van der Waals surface area contributed by atoms with Crippen LogP contribution in [0.5, 0.6) is 5.75 Å². The van der Waals surface area contributed by atoms with Crippen molar-refractivity contribution in [1.82, 2.24) is 4.90 Å². The summed E-state index contributed by atoms with van der Waals surface area (Å²) < 4.78 is 32.9. The molecule has 31 heavy (non-hydrogen) atoms. The number of amides is 2. The first-order chi connectivity index (χ1) is 15.0. The molecule has 4 nitrogen and oxygen atoms in total. The van der Waals surface area contributed by atoms with E-state index in [1.165, 1.54) is 6.07 Å². The minimum Gasteiger partial charge on any atom is -0.494 e. The fourth-order valence-electron chi connectivity index (χ4n) is 3.03. The van der Waals surface area contributed by atoms with Gasteiger partial charge in [-0.05, 0) is 41.8 Å². The Morgan fingerprint density at radius 2 is 1.61 bits per heavy atom. The van der Waals surface area contributed by atoms with Crippen molar-refractivity contribution in [2.75, 3.05) is 11.9 Å². The number of carbonyl (C=O) groups is 1. The molecule has 3 aromatic carbocycles. The highest BCUT2D eigenvalue weighted by atomic mass is 19.1. The molecule has 2 amide bonds. The van der Waals surface area contributed by atoms with Gasteiger partial charge < -0.3 is 15.0 Å². The van der Waals surface area contributed by atoms with Crippen LogP contribution in [0.15, 0.2) is 72.8 Å². The Bertz CT molecular complexity index is 979. The summed E-state index contributed by atoms with van der Waals surface area (Å²) in [4.78, 5) is 14.5. The molecule has 6 heteroatoms. The Kier molecular flexibility index (Phi) is 7.98. The van der Waals surface area contributed by atoms with Crippen molar-refractivity contribution >= 4 is 11.7 Å². The number of rotatable bonds is 9. The molecule has 1 N–H and O–H groups in total. The summed E-state index contributed by atoms with van der Waals surface area (Å²) in [5.41, 5.74) is 1.79. The summed E-state index contributed by atoms with van der Waals surface area (Å²) in [6.45, 7) is 3.43. The molecule has 0 heterocycles. The van der Waals surface area contributed by atoms with Gasteiger partial charge in [0.25, 0.3) is 0 Å². The third-order valence-corrected chi connectivity index (χ3v) is 4.74. The fourth-order valence-corrected chi connectivity index (χ4v) is 3.03. The highest BCUT2D eigenvalue weighted by molar-refractivity contribution is 5.89. The number of benzene rings is 3. The minimum absolute atomic E-state index is 0.0656. The number of nitrogens with one attached hydrogen (secondary N) is 1. The van der Waals surface area contributed by atoms with Crippen LogP contribution >= 0.6 is 0 Å². The largest absolute Gasteiger partial charge is 0.494 e. The van der Waals surface area contributed by atoms with E-state index in [9.17, 15) is 13.6 Å². The van der Waals surface area contributed by atoms with Crippen LogP contribution in [0.2, 0.25) is 0 Å². The van der Waals surface area contributed by atoms with Gasteiger partial charge >= 0.3 is 6.03 Å². The molecule has 0 unspecified atom stereocenters. The van der Waals surface area contributed by atoms with Crippen LogP contribution in [0.25, 0.3) is 0 Å². The number of nitrogens with zero attached hydrogens (tertiary/aromatic N) is 1. The second-order valence-corrected chi connectivity index (χ2v) is 7.24. The Morgan fingerprint density at radius 1 is 0.935 bits per heavy atom. The summed E-state index contributed by atoms with van der Waals surface area (Å²) >= 11 is 0. The van der Waals surface area contributed by atoms with Crippen LogP contribution < -0.4 is 10.1 Å². The first kappa shape index (κ1) is 22.3. The van der Waals surface area contributed by atoms with Gasteiger partial charge in [-0.15, -0.1) is 0 Å². The summed E-state index contributed by atoms with van der Waals surface area (Å²) in [7, 11) is 0. The maximum atomic E-state index is 14.0. The number of urea groups is 1. The van der Waals surface area contributed by atoms with Gasteiger partial charge in [-0.25, -0.2) is 13.6 Å². The lowest BCUT2D eigenvalue weighted by atomic mass is 10.1.